The Morgan fingerprint density at radius 2 is 2.38 bits per heavy atom. The van der Waals surface area contributed by atoms with Crippen molar-refractivity contribution in [1.82, 2.24) is 9.55 Å². The normalized spacial score (nSPS) is 10.6. The topological polar surface area (TPSA) is 34.9 Å². The van der Waals surface area contributed by atoms with E-state index in [1.807, 2.05) is 42.3 Å². The van der Waals surface area contributed by atoms with E-state index >= 15 is 0 Å². The molecule has 0 aliphatic rings. The van der Waals surface area contributed by atoms with Crippen molar-refractivity contribution in [2.24, 2.45) is 0 Å². The lowest BCUT2D eigenvalue weighted by Gasteiger charge is -1.97. The van der Waals surface area contributed by atoms with Gasteiger partial charge in [0.2, 0.25) is 0 Å². The molecule has 16 heavy (non-hydrogen) atoms. The minimum absolute atomic E-state index is 0.189. The Bertz CT molecular complexity index is 499. The second-order valence-electron chi connectivity index (χ2n) is 3.73. The van der Waals surface area contributed by atoms with Crippen LogP contribution in [0.5, 0.6) is 0 Å². The molecule has 2 rings (SSSR count). The summed E-state index contributed by atoms with van der Waals surface area (Å²) in [7, 11) is 0. The van der Waals surface area contributed by atoms with E-state index in [4.69, 9.17) is 0 Å². The maximum atomic E-state index is 11.5. The first-order valence-electron chi connectivity index (χ1n) is 5.29. The second kappa shape index (κ2) is 4.61. The van der Waals surface area contributed by atoms with Crippen molar-refractivity contribution >= 4 is 17.1 Å². The van der Waals surface area contributed by atoms with Crippen molar-refractivity contribution in [3.05, 3.63) is 40.1 Å². The van der Waals surface area contributed by atoms with Crippen LogP contribution >= 0.6 is 11.3 Å². The van der Waals surface area contributed by atoms with E-state index in [2.05, 4.69) is 4.98 Å². The summed E-state index contributed by atoms with van der Waals surface area (Å²) in [5.41, 5.74) is 1.84. The highest BCUT2D eigenvalue weighted by Crippen LogP contribution is 2.12. The Morgan fingerprint density at radius 3 is 3.00 bits per heavy atom. The molecule has 4 heteroatoms. The van der Waals surface area contributed by atoms with E-state index in [1.54, 1.807) is 11.3 Å². The van der Waals surface area contributed by atoms with Crippen LogP contribution in [0.2, 0.25) is 0 Å². The van der Waals surface area contributed by atoms with Gasteiger partial charge in [0.05, 0.1) is 6.54 Å². The molecule has 0 aliphatic carbocycles. The van der Waals surface area contributed by atoms with Crippen molar-refractivity contribution in [2.45, 2.75) is 26.8 Å². The molecule has 84 valence electrons. The Labute approximate surface area is 98.8 Å². The molecular formula is C12H14N2OS. The number of ketones is 1. The van der Waals surface area contributed by atoms with E-state index in [1.165, 1.54) is 0 Å². The Kier molecular flexibility index (Phi) is 3.19. The highest BCUT2D eigenvalue weighted by molar-refractivity contribution is 7.09. The molecule has 0 atom stereocenters. The van der Waals surface area contributed by atoms with Gasteiger partial charge in [-0.15, -0.1) is 11.3 Å². The minimum Gasteiger partial charge on any atom is -0.347 e. The Morgan fingerprint density at radius 1 is 1.56 bits per heavy atom. The number of carbonyl (C=O) groups excluding carboxylic acids is 1. The summed E-state index contributed by atoms with van der Waals surface area (Å²) >= 11 is 1.65. The molecule has 2 heterocycles. The van der Waals surface area contributed by atoms with Crippen LogP contribution in [0.4, 0.5) is 0 Å². The van der Waals surface area contributed by atoms with Gasteiger partial charge in [0.1, 0.15) is 5.01 Å². The highest BCUT2D eigenvalue weighted by Gasteiger charge is 2.06. The largest absolute Gasteiger partial charge is 0.347 e. The molecule has 0 radical (unpaired) electrons. The average molecular weight is 234 g/mol. The number of aryl methyl sites for hydroxylation is 1. The van der Waals surface area contributed by atoms with E-state index in [-0.39, 0.29) is 5.78 Å². The molecule has 0 amide bonds. The van der Waals surface area contributed by atoms with Gasteiger partial charge in [-0.3, -0.25) is 4.79 Å². The van der Waals surface area contributed by atoms with Gasteiger partial charge in [0, 0.05) is 35.5 Å². The van der Waals surface area contributed by atoms with Gasteiger partial charge in [-0.05, 0) is 13.0 Å². The van der Waals surface area contributed by atoms with Crippen molar-refractivity contribution in [2.75, 3.05) is 0 Å². The Balaban J connectivity index is 2.11. The zero-order valence-corrected chi connectivity index (χ0v) is 10.3. The zero-order chi connectivity index (χ0) is 11.5. The van der Waals surface area contributed by atoms with Gasteiger partial charge < -0.3 is 4.57 Å². The monoisotopic (exact) mass is 234 g/mol. The zero-order valence-electron chi connectivity index (χ0n) is 9.43. The molecule has 2 aromatic rings. The molecule has 0 saturated heterocycles. The maximum absolute atomic E-state index is 11.5. The molecule has 0 saturated carbocycles. The third-order valence-corrected chi connectivity index (χ3v) is 3.33. The van der Waals surface area contributed by atoms with Crippen LogP contribution < -0.4 is 0 Å². The molecule has 0 N–H and O–H groups in total. The summed E-state index contributed by atoms with van der Waals surface area (Å²) < 4.78 is 2.00. The first kappa shape index (κ1) is 11.1. The summed E-state index contributed by atoms with van der Waals surface area (Å²) in [5, 5.41) is 3.11. The van der Waals surface area contributed by atoms with Crippen LogP contribution in [-0.4, -0.2) is 15.3 Å². The van der Waals surface area contributed by atoms with E-state index < -0.39 is 0 Å². The van der Waals surface area contributed by atoms with Crippen LogP contribution in [0.15, 0.2) is 23.8 Å². The van der Waals surface area contributed by atoms with Crippen LogP contribution in [0.3, 0.4) is 0 Å². The molecule has 0 aliphatic heterocycles. The fraction of sp³-hybridized carbons (Fsp3) is 0.333. The number of thiazole rings is 1. The van der Waals surface area contributed by atoms with Gasteiger partial charge in [0.25, 0.3) is 0 Å². The van der Waals surface area contributed by atoms with E-state index in [9.17, 15) is 4.79 Å². The lowest BCUT2D eigenvalue weighted by atomic mass is 10.2. The highest BCUT2D eigenvalue weighted by atomic mass is 32.1. The average Bonchev–Trinajstić information content (AvgIpc) is 2.87. The van der Waals surface area contributed by atoms with E-state index in [0.717, 1.165) is 22.8 Å². The fourth-order valence-electron chi connectivity index (χ4n) is 1.54. The van der Waals surface area contributed by atoms with Crippen molar-refractivity contribution in [3.8, 4) is 0 Å². The number of hydrogen-bond acceptors (Lipinski definition) is 3. The Hall–Kier alpha value is -1.42. The molecule has 0 aromatic carbocycles. The van der Waals surface area contributed by atoms with Crippen LogP contribution in [0, 0.1) is 6.92 Å². The first-order valence-corrected chi connectivity index (χ1v) is 6.17. The number of hydrogen-bond donors (Lipinski definition) is 0. The van der Waals surface area contributed by atoms with Crippen LogP contribution in [-0.2, 0) is 6.54 Å². The predicted octanol–water partition coefficient (Wildman–Crippen LogP) is 2.89. The molecular weight excluding hydrogens is 220 g/mol. The SMILES string of the molecule is CCC(=O)c1ccn(Cc2nc(C)cs2)c1. The van der Waals surface area contributed by atoms with Gasteiger partial charge in [-0.1, -0.05) is 6.92 Å². The third-order valence-electron chi connectivity index (χ3n) is 2.38. The predicted molar refractivity (Wildman–Crippen MR) is 65.0 cm³/mol. The molecule has 2 aromatic heterocycles. The van der Waals surface area contributed by atoms with Gasteiger partial charge in [-0.2, -0.15) is 0 Å². The molecule has 3 nitrogen and oxygen atoms in total. The van der Waals surface area contributed by atoms with Gasteiger partial charge >= 0.3 is 0 Å². The van der Waals surface area contributed by atoms with Crippen molar-refractivity contribution in [3.63, 3.8) is 0 Å². The summed E-state index contributed by atoms with van der Waals surface area (Å²) in [6.45, 7) is 4.61. The van der Waals surface area contributed by atoms with Gasteiger partial charge in [-0.25, -0.2) is 4.98 Å². The summed E-state index contributed by atoms with van der Waals surface area (Å²) in [4.78, 5) is 15.8. The summed E-state index contributed by atoms with van der Waals surface area (Å²) in [6, 6.07) is 1.87. The lowest BCUT2D eigenvalue weighted by Crippen LogP contribution is -1.97. The number of carbonyl (C=O) groups is 1. The van der Waals surface area contributed by atoms with Crippen LogP contribution in [0.1, 0.15) is 34.4 Å². The number of rotatable bonds is 4. The molecule has 0 bridgehead atoms. The van der Waals surface area contributed by atoms with Crippen LogP contribution in [0.25, 0.3) is 0 Å². The smallest absolute Gasteiger partial charge is 0.164 e. The summed E-state index contributed by atoms with van der Waals surface area (Å²) in [5.74, 6) is 0.189. The first-order chi connectivity index (χ1) is 7.69. The van der Waals surface area contributed by atoms with Gasteiger partial charge in [0.15, 0.2) is 5.78 Å². The lowest BCUT2D eigenvalue weighted by molar-refractivity contribution is 0.0988. The fourth-order valence-corrected chi connectivity index (χ4v) is 2.32. The maximum Gasteiger partial charge on any atom is 0.164 e. The molecule has 0 fully saturated rings. The van der Waals surface area contributed by atoms with Crippen molar-refractivity contribution < 1.29 is 4.79 Å². The summed E-state index contributed by atoms with van der Waals surface area (Å²) in [6.07, 6.45) is 4.38. The van der Waals surface area contributed by atoms with Crippen molar-refractivity contribution in [1.29, 1.82) is 0 Å². The standard InChI is InChI=1S/C12H14N2OS/c1-3-11(15)10-4-5-14(6-10)7-12-13-9(2)8-16-12/h4-6,8H,3,7H2,1-2H3. The molecule has 0 spiro atoms. The quantitative estimate of drug-likeness (QED) is 0.762. The number of aromatic nitrogens is 2. The number of nitrogens with zero attached hydrogens (tertiary/aromatic N) is 2. The van der Waals surface area contributed by atoms with E-state index in [0.29, 0.717) is 6.42 Å². The number of Topliss-reactive ketones (excluding diaryl/α,β-unsaturated/α-hetero) is 1. The third kappa shape index (κ3) is 2.39. The minimum atomic E-state index is 0.189. The molecule has 0 unspecified atom stereocenters. The second-order valence-corrected chi connectivity index (χ2v) is 4.67.